The fourth-order valence-electron chi connectivity index (χ4n) is 3.21. The normalized spacial score (nSPS) is 21.4. The van der Waals surface area contributed by atoms with E-state index >= 15 is 0 Å². The summed E-state index contributed by atoms with van der Waals surface area (Å²) in [4.78, 5) is 2.64. The summed E-state index contributed by atoms with van der Waals surface area (Å²) in [5, 5.41) is 8.62. The lowest BCUT2D eigenvalue weighted by Gasteiger charge is -2.31. The first-order valence-corrected chi connectivity index (χ1v) is 8.47. The summed E-state index contributed by atoms with van der Waals surface area (Å²) in [5.41, 5.74) is 1.22. The van der Waals surface area contributed by atoms with Crippen molar-refractivity contribution in [3.05, 3.63) is 11.9 Å². The van der Waals surface area contributed by atoms with Crippen LogP contribution in [-0.2, 0) is 6.54 Å². The third-order valence-electron chi connectivity index (χ3n) is 4.78. The zero-order valence-corrected chi connectivity index (χ0v) is 12.8. The molecule has 2 aliphatic rings. The van der Waals surface area contributed by atoms with Gasteiger partial charge in [-0.1, -0.05) is 25.0 Å². The van der Waals surface area contributed by atoms with Gasteiger partial charge in [0, 0.05) is 18.7 Å². The van der Waals surface area contributed by atoms with Crippen LogP contribution in [-0.4, -0.2) is 39.5 Å². The predicted octanol–water partition coefficient (Wildman–Crippen LogP) is 3.06. The Morgan fingerprint density at radius 2 is 1.95 bits per heavy atom. The van der Waals surface area contributed by atoms with Crippen LogP contribution in [0, 0.1) is 5.92 Å². The first-order valence-electron chi connectivity index (χ1n) is 8.47. The van der Waals surface area contributed by atoms with E-state index < -0.39 is 0 Å². The van der Waals surface area contributed by atoms with E-state index in [0.29, 0.717) is 0 Å². The highest BCUT2D eigenvalue weighted by atomic mass is 15.4. The maximum absolute atomic E-state index is 4.31. The molecule has 4 heteroatoms. The second kappa shape index (κ2) is 6.70. The summed E-state index contributed by atoms with van der Waals surface area (Å²) in [5.74, 6) is 1.52. The van der Waals surface area contributed by atoms with E-state index in [2.05, 4.69) is 33.0 Å². The zero-order chi connectivity index (χ0) is 13.8. The highest BCUT2D eigenvalue weighted by molar-refractivity contribution is 5.08. The topological polar surface area (TPSA) is 34.0 Å². The Bertz CT molecular complexity index is 402. The van der Waals surface area contributed by atoms with Crippen LogP contribution in [0.2, 0.25) is 0 Å². The average molecular weight is 276 g/mol. The summed E-state index contributed by atoms with van der Waals surface area (Å²) in [6.45, 7) is 7.20. The van der Waals surface area contributed by atoms with Crippen LogP contribution in [0.25, 0.3) is 0 Å². The predicted molar refractivity (Wildman–Crippen MR) is 80.7 cm³/mol. The maximum Gasteiger partial charge on any atom is 0.0857 e. The van der Waals surface area contributed by atoms with Crippen LogP contribution in [0.15, 0.2) is 6.20 Å². The van der Waals surface area contributed by atoms with Crippen LogP contribution in [0.3, 0.4) is 0 Å². The largest absolute Gasteiger partial charge is 0.303 e. The minimum Gasteiger partial charge on any atom is -0.303 e. The standard InChI is InChI=1S/C16H28N4/c1-2-3-4-9-19-10-7-14(8-11-19)12-20-13-16(17-18-20)15-5-6-15/h13-15H,2-12H2,1H3. The van der Waals surface area contributed by atoms with Crippen molar-refractivity contribution in [2.75, 3.05) is 19.6 Å². The zero-order valence-electron chi connectivity index (χ0n) is 12.8. The van der Waals surface area contributed by atoms with Crippen molar-refractivity contribution >= 4 is 0 Å². The molecule has 112 valence electrons. The molecule has 0 amide bonds. The molecule has 2 heterocycles. The molecule has 0 unspecified atom stereocenters. The van der Waals surface area contributed by atoms with Gasteiger partial charge in [0.25, 0.3) is 0 Å². The molecule has 0 radical (unpaired) electrons. The summed E-state index contributed by atoms with van der Waals surface area (Å²) in [6.07, 6.45) is 11.5. The molecule has 0 aromatic carbocycles. The van der Waals surface area contributed by atoms with E-state index in [4.69, 9.17) is 0 Å². The molecule has 1 aliphatic carbocycles. The quantitative estimate of drug-likeness (QED) is 0.718. The molecule has 1 aromatic heterocycles. The lowest BCUT2D eigenvalue weighted by Crippen LogP contribution is -2.35. The van der Waals surface area contributed by atoms with E-state index in [1.165, 1.54) is 70.3 Å². The van der Waals surface area contributed by atoms with Crippen LogP contribution in [0.5, 0.6) is 0 Å². The van der Waals surface area contributed by atoms with Gasteiger partial charge in [-0.15, -0.1) is 5.10 Å². The molecule has 0 atom stereocenters. The van der Waals surface area contributed by atoms with E-state index in [1.807, 2.05) is 0 Å². The van der Waals surface area contributed by atoms with E-state index in [-0.39, 0.29) is 0 Å². The Morgan fingerprint density at radius 1 is 1.15 bits per heavy atom. The third-order valence-corrected chi connectivity index (χ3v) is 4.78. The molecule has 0 bridgehead atoms. The maximum atomic E-state index is 4.31. The van der Waals surface area contributed by atoms with Crippen LogP contribution >= 0.6 is 0 Å². The summed E-state index contributed by atoms with van der Waals surface area (Å²) in [6, 6.07) is 0. The summed E-state index contributed by atoms with van der Waals surface area (Å²) in [7, 11) is 0. The number of rotatable bonds is 7. The summed E-state index contributed by atoms with van der Waals surface area (Å²) >= 11 is 0. The Kier molecular flexibility index (Phi) is 4.71. The van der Waals surface area contributed by atoms with Gasteiger partial charge in [-0.2, -0.15) is 0 Å². The van der Waals surface area contributed by atoms with Crippen LogP contribution < -0.4 is 0 Å². The number of aromatic nitrogens is 3. The second-order valence-electron chi connectivity index (χ2n) is 6.63. The highest BCUT2D eigenvalue weighted by Gasteiger charge is 2.27. The Hall–Kier alpha value is -0.900. The Balaban J connectivity index is 1.39. The van der Waals surface area contributed by atoms with Crippen molar-refractivity contribution < 1.29 is 0 Å². The Morgan fingerprint density at radius 3 is 2.65 bits per heavy atom. The van der Waals surface area contributed by atoms with Gasteiger partial charge in [0.1, 0.15) is 0 Å². The molecule has 0 spiro atoms. The van der Waals surface area contributed by atoms with Gasteiger partial charge in [-0.25, -0.2) is 0 Å². The van der Waals surface area contributed by atoms with Gasteiger partial charge >= 0.3 is 0 Å². The molecule has 20 heavy (non-hydrogen) atoms. The molecule has 1 aromatic rings. The fraction of sp³-hybridized carbons (Fsp3) is 0.875. The molecule has 1 aliphatic heterocycles. The van der Waals surface area contributed by atoms with Crippen molar-refractivity contribution in [3.63, 3.8) is 0 Å². The van der Waals surface area contributed by atoms with E-state index in [0.717, 1.165) is 18.4 Å². The smallest absolute Gasteiger partial charge is 0.0857 e. The number of likely N-dealkylation sites (tertiary alicyclic amines) is 1. The fourth-order valence-corrected chi connectivity index (χ4v) is 3.21. The average Bonchev–Trinajstić information content (AvgIpc) is 3.22. The lowest BCUT2D eigenvalue weighted by molar-refractivity contribution is 0.168. The molecule has 1 saturated heterocycles. The minimum absolute atomic E-state index is 0.726. The molecule has 1 saturated carbocycles. The first-order chi connectivity index (χ1) is 9.85. The third kappa shape index (κ3) is 3.81. The van der Waals surface area contributed by atoms with Crippen LogP contribution in [0.4, 0.5) is 0 Å². The van der Waals surface area contributed by atoms with Gasteiger partial charge in [0.2, 0.25) is 0 Å². The van der Waals surface area contributed by atoms with Crippen molar-refractivity contribution in [1.29, 1.82) is 0 Å². The molecule has 4 nitrogen and oxygen atoms in total. The van der Waals surface area contributed by atoms with E-state index in [1.54, 1.807) is 0 Å². The van der Waals surface area contributed by atoms with Crippen molar-refractivity contribution in [2.45, 2.75) is 64.3 Å². The number of unbranched alkanes of at least 4 members (excludes halogenated alkanes) is 2. The number of hydrogen-bond donors (Lipinski definition) is 0. The van der Waals surface area contributed by atoms with Gasteiger partial charge in [-0.05, 0) is 57.7 Å². The first kappa shape index (κ1) is 14.1. The SMILES string of the molecule is CCCCCN1CCC(Cn2cc(C3CC3)nn2)CC1. The van der Waals surface area contributed by atoms with Gasteiger partial charge in [0.05, 0.1) is 5.69 Å². The molecular formula is C16H28N4. The van der Waals surface area contributed by atoms with Crippen molar-refractivity contribution in [1.82, 2.24) is 19.9 Å². The number of nitrogens with zero attached hydrogens (tertiary/aromatic N) is 4. The lowest BCUT2D eigenvalue weighted by atomic mass is 9.96. The second-order valence-corrected chi connectivity index (χ2v) is 6.63. The van der Waals surface area contributed by atoms with Gasteiger partial charge in [0.15, 0.2) is 0 Å². The van der Waals surface area contributed by atoms with Crippen LogP contribution in [0.1, 0.15) is 63.5 Å². The van der Waals surface area contributed by atoms with Crippen molar-refractivity contribution in [3.8, 4) is 0 Å². The minimum atomic E-state index is 0.726. The number of piperidine rings is 1. The Labute approximate surface area is 122 Å². The van der Waals surface area contributed by atoms with Gasteiger partial charge in [-0.3, -0.25) is 4.68 Å². The molecule has 0 N–H and O–H groups in total. The highest BCUT2D eigenvalue weighted by Crippen LogP contribution is 2.38. The monoisotopic (exact) mass is 276 g/mol. The molecule has 3 rings (SSSR count). The van der Waals surface area contributed by atoms with Crippen molar-refractivity contribution in [2.24, 2.45) is 5.92 Å². The summed E-state index contributed by atoms with van der Waals surface area (Å²) < 4.78 is 2.09. The molecule has 2 fully saturated rings. The number of hydrogen-bond acceptors (Lipinski definition) is 3. The molecular weight excluding hydrogens is 248 g/mol. The van der Waals surface area contributed by atoms with E-state index in [9.17, 15) is 0 Å². The van der Waals surface area contributed by atoms with Gasteiger partial charge < -0.3 is 4.90 Å².